The largest absolute Gasteiger partial charge is 0.384 e. The van der Waals surface area contributed by atoms with Crippen molar-refractivity contribution in [2.24, 2.45) is 0 Å². The number of nitrogen functional groups attached to an aromatic ring is 1. The normalized spacial score (nSPS) is 9.80. The van der Waals surface area contributed by atoms with Gasteiger partial charge in [-0.25, -0.2) is 0 Å². The predicted octanol–water partition coefficient (Wildman–Crippen LogP) is 1.78. The number of rotatable bonds is 1. The molecule has 98 valence electrons. The third-order valence-electron chi connectivity index (χ3n) is 3.07. The summed E-state index contributed by atoms with van der Waals surface area (Å²) in [4.78, 5) is 12.3. The fraction of sp³-hybridized carbons (Fsp3) is 0.133. The average Bonchev–Trinajstić information content (AvgIpc) is 2.41. The lowest BCUT2D eigenvalue weighted by Gasteiger charge is -2.14. The maximum Gasteiger partial charge on any atom is 0.274 e. The number of aryl methyl sites for hydroxylation is 2. The highest BCUT2D eigenvalue weighted by molar-refractivity contribution is 5.58. The lowest BCUT2D eigenvalue weighted by molar-refractivity contribution is 0.978. The molecule has 0 fully saturated rings. The summed E-state index contributed by atoms with van der Waals surface area (Å²) >= 11 is 0. The standard InChI is InChI=1S/C15H12N4O/c1-9-3-4-13(10(2)5-9)19-14(18)11(7-16)6-12(8-17)15(19)20/h3-6H,18H2,1-2H3. The summed E-state index contributed by atoms with van der Waals surface area (Å²) in [7, 11) is 0. The molecule has 0 spiro atoms. The third-order valence-corrected chi connectivity index (χ3v) is 3.07. The Bertz CT molecular complexity index is 835. The molecule has 0 saturated carbocycles. The van der Waals surface area contributed by atoms with Crippen molar-refractivity contribution in [2.45, 2.75) is 13.8 Å². The van der Waals surface area contributed by atoms with Gasteiger partial charge in [0.25, 0.3) is 5.56 Å². The number of nitrogens with two attached hydrogens (primary N) is 1. The van der Waals surface area contributed by atoms with E-state index in [9.17, 15) is 4.79 Å². The van der Waals surface area contributed by atoms with Crippen molar-refractivity contribution in [2.75, 3.05) is 5.73 Å². The van der Waals surface area contributed by atoms with E-state index in [1.54, 1.807) is 12.1 Å². The van der Waals surface area contributed by atoms with Gasteiger partial charge in [0.2, 0.25) is 0 Å². The van der Waals surface area contributed by atoms with Crippen molar-refractivity contribution in [1.82, 2.24) is 4.57 Å². The van der Waals surface area contributed by atoms with E-state index in [1.165, 1.54) is 10.6 Å². The molecule has 0 amide bonds. The first-order valence-corrected chi connectivity index (χ1v) is 5.93. The summed E-state index contributed by atoms with van der Waals surface area (Å²) < 4.78 is 1.21. The van der Waals surface area contributed by atoms with Crippen molar-refractivity contribution in [3.05, 3.63) is 56.9 Å². The second-order valence-electron chi connectivity index (χ2n) is 4.51. The lowest BCUT2D eigenvalue weighted by atomic mass is 10.1. The Morgan fingerprint density at radius 1 is 1.10 bits per heavy atom. The summed E-state index contributed by atoms with van der Waals surface area (Å²) in [5.74, 6) is 0.0449. The second-order valence-corrected chi connectivity index (χ2v) is 4.51. The summed E-state index contributed by atoms with van der Waals surface area (Å²) in [5, 5.41) is 18.1. The minimum absolute atomic E-state index is 0.0449. The summed E-state index contributed by atoms with van der Waals surface area (Å²) in [6.45, 7) is 3.79. The average molecular weight is 264 g/mol. The molecule has 2 rings (SSSR count). The number of hydrogen-bond acceptors (Lipinski definition) is 4. The Morgan fingerprint density at radius 2 is 1.75 bits per heavy atom. The van der Waals surface area contributed by atoms with Gasteiger partial charge in [-0.2, -0.15) is 10.5 Å². The van der Waals surface area contributed by atoms with Crippen LogP contribution in [0.1, 0.15) is 22.3 Å². The van der Waals surface area contributed by atoms with E-state index in [0.29, 0.717) is 5.69 Å². The zero-order valence-corrected chi connectivity index (χ0v) is 11.1. The van der Waals surface area contributed by atoms with Crippen LogP contribution in [0.5, 0.6) is 0 Å². The van der Waals surface area contributed by atoms with Crippen LogP contribution >= 0.6 is 0 Å². The van der Waals surface area contributed by atoms with E-state index >= 15 is 0 Å². The van der Waals surface area contributed by atoms with Crippen molar-refractivity contribution in [3.63, 3.8) is 0 Å². The highest BCUT2D eigenvalue weighted by atomic mass is 16.1. The molecule has 1 aromatic carbocycles. The van der Waals surface area contributed by atoms with Crippen LogP contribution in [0, 0.1) is 36.5 Å². The lowest BCUT2D eigenvalue weighted by Crippen LogP contribution is -2.25. The Hall–Kier alpha value is -3.05. The Morgan fingerprint density at radius 3 is 2.30 bits per heavy atom. The zero-order chi connectivity index (χ0) is 14.9. The minimum atomic E-state index is -0.518. The molecule has 5 heteroatoms. The van der Waals surface area contributed by atoms with Crippen molar-refractivity contribution in [1.29, 1.82) is 10.5 Å². The first-order valence-electron chi connectivity index (χ1n) is 5.93. The maximum absolute atomic E-state index is 12.3. The van der Waals surface area contributed by atoms with Crippen LogP contribution < -0.4 is 11.3 Å². The van der Waals surface area contributed by atoms with Gasteiger partial charge in [-0.15, -0.1) is 0 Å². The van der Waals surface area contributed by atoms with E-state index in [0.717, 1.165) is 11.1 Å². The highest BCUT2D eigenvalue weighted by Crippen LogP contribution is 2.20. The molecule has 2 N–H and O–H groups in total. The number of anilines is 1. The number of aromatic nitrogens is 1. The third kappa shape index (κ3) is 2.02. The highest BCUT2D eigenvalue weighted by Gasteiger charge is 2.15. The fourth-order valence-electron chi connectivity index (χ4n) is 2.10. The quantitative estimate of drug-likeness (QED) is 0.849. The number of hydrogen-bond donors (Lipinski definition) is 1. The first-order chi connectivity index (χ1) is 9.49. The molecule has 20 heavy (non-hydrogen) atoms. The first kappa shape index (κ1) is 13.4. The van der Waals surface area contributed by atoms with Gasteiger partial charge in [0.15, 0.2) is 0 Å². The molecule has 0 atom stereocenters. The van der Waals surface area contributed by atoms with Gasteiger partial charge < -0.3 is 5.73 Å². The molecule has 0 aliphatic rings. The van der Waals surface area contributed by atoms with Crippen LogP contribution in [0.4, 0.5) is 5.82 Å². The zero-order valence-electron chi connectivity index (χ0n) is 11.1. The Labute approximate surface area is 116 Å². The van der Waals surface area contributed by atoms with Gasteiger partial charge in [0.1, 0.15) is 23.5 Å². The molecule has 0 unspecified atom stereocenters. The van der Waals surface area contributed by atoms with Gasteiger partial charge in [-0.05, 0) is 31.5 Å². The number of nitriles is 2. The van der Waals surface area contributed by atoms with Crippen LogP contribution in [-0.4, -0.2) is 4.57 Å². The molecule has 0 aliphatic carbocycles. The smallest absolute Gasteiger partial charge is 0.274 e. The van der Waals surface area contributed by atoms with E-state index in [1.807, 2.05) is 32.0 Å². The second kappa shape index (κ2) is 4.91. The molecule has 1 aromatic heterocycles. The molecule has 5 nitrogen and oxygen atoms in total. The maximum atomic E-state index is 12.3. The van der Waals surface area contributed by atoms with E-state index in [2.05, 4.69) is 0 Å². The van der Waals surface area contributed by atoms with Crippen LogP contribution in [0.2, 0.25) is 0 Å². The summed E-state index contributed by atoms with van der Waals surface area (Å²) in [6, 6.07) is 10.4. The van der Waals surface area contributed by atoms with Gasteiger partial charge >= 0.3 is 0 Å². The SMILES string of the molecule is Cc1ccc(-n2c(N)c(C#N)cc(C#N)c2=O)c(C)c1. The molecule has 0 bridgehead atoms. The summed E-state index contributed by atoms with van der Waals surface area (Å²) in [6.07, 6.45) is 0. The number of benzene rings is 1. The topological polar surface area (TPSA) is 95.6 Å². The van der Waals surface area contributed by atoms with Crippen LogP contribution in [0.15, 0.2) is 29.1 Å². The van der Waals surface area contributed by atoms with Gasteiger partial charge in [0, 0.05) is 0 Å². The molecule has 0 aliphatic heterocycles. The van der Waals surface area contributed by atoms with E-state index in [-0.39, 0.29) is 16.9 Å². The predicted molar refractivity (Wildman–Crippen MR) is 75.4 cm³/mol. The number of nitrogens with zero attached hydrogens (tertiary/aromatic N) is 3. The van der Waals surface area contributed by atoms with E-state index in [4.69, 9.17) is 16.3 Å². The minimum Gasteiger partial charge on any atom is -0.384 e. The summed E-state index contributed by atoms with van der Waals surface area (Å²) in [5.41, 5.74) is 7.85. The van der Waals surface area contributed by atoms with Crippen LogP contribution in [0.25, 0.3) is 5.69 Å². The molecule has 0 radical (unpaired) electrons. The Balaban J connectivity index is 2.91. The molecule has 1 heterocycles. The van der Waals surface area contributed by atoms with Gasteiger partial charge in [-0.3, -0.25) is 9.36 Å². The van der Waals surface area contributed by atoms with Crippen LogP contribution in [-0.2, 0) is 0 Å². The van der Waals surface area contributed by atoms with Crippen molar-refractivity contribution < 1.29 is 0 Å². The van der Waals surface area contributed by atoms with Crippen molar-refractivity contribution >= 4 is 5.82 Å². The van der Waals surface area contributed by atoms with Crippen molar-refractivity contribution in [3.8, 4) is 17.8 Å². The van der Waals surface area contributed by atoms with E-state index < -0.39 is 5.56 Å². The fourth-order valence-corrected chi connectivity index (χ4v) is 2.10. The van der Waals surface area contributed by atoms with Gasteiger partial charge in [0.05, 0.1) is 11.3 Å². The monoisotopic (exact) mass is 264 g/mol. The molecular formula is C15H12N4O. The van der Waals surface area contributed by atoms with Crippen LogP contribution in [0.3, 0.4) is 0 Å². The molecule has 0 saturated heterocycles. The molecule has 2 aromatic rings. The van der Waals surface area contributed by atoms with Gasteiger partial charge in [-0.1, -0.05) is 17.7 Å². The Kier molecular flexibility index (Phi) is 3.28. The molecular weight excluding hydrogens is 252 g/mol. The number of pyridine rings is 1.